The first-order valence-electron chi connectivity index (χ1n) is 8.33. The predicted molar refractivity (Wildman–Crippen MR) is 90.8 cm³/mol. The third-order valence-corrected chi connectivity index (χ3v) is 4.73. The van der Waals surface area contributed by atoms with Gasteiger partial charge in [-0.2, -0.15) is 0 Å². The maximum Gasteiger partial charge on any atom is 0.303 e. The van der Waals surface area contributed by atoms with Gasteiger partial charge in [-0.05, 0) is 38.8 Å². The predicted octanol–water partition coefficient (Wildman–Crippen LogP) is 2.22. The molecule has 2 atom stereocenters. The third kappa shape index (κ3) is 4.41. The Labute approximate surface area is 138 Å². The van der Waals surface area contributed by atoms with E-state index in [0.29, 0.717) is 24.3 Å². The van der Waals surface area contributed by atoms with Crippen LogP contribution in [-0.4, -0.2) is 59.2 Å². The van der Waals surface area contributed by atoms with Gasteiger partial charge in [0.05, 0.1) is 0 Å². The lowest BCUT2D eigenvalue weighted by Gasteiger charge is -2.42. The van der Waals surface area contributed by atoms with Crippen LogP contribution in [0, 0.1) is 5.92 Å². The average Bonchev–Trinajstić information content (AvgIpc) is 2.52. The first-order valence-corrected chi connectivity index (χ1v) is 8.33. The lowest BCUT2D eigenvalue weighted by Crippen LogP contribution is -2.49. The molecule has 1 aliphatic rings. The second-order valence-electron chi connectivity index (χ2n) is 6.91. The van der Waals surface area contributed by atoms with Gasteiger partial charge in [-0.15, -0.1) is 0 Å². The van der Waals surface area contributed by atoms with E-state index in [2.05, 4.69) is 47.7 Å². The third-order valence-electron chi connectivity index (χ3n) is 4.73. The van der Waals surface area contributed by atoms with Gasteiger partial charge < -0.3 is 14.9 Å². The molecule has 1 fully saturated rings. The fourth-order valence-corrected chi connectivity index (χ4v) is 3.49. The number of piperidine rings is 1. The number of carbonyl (C=O) groups is 1. The highest BCUT2D eigenvalue weighted by Crippen LogP contribution is 2.31. The summed E-state index contributed by atoms with van der Waals surface area (Å²) in [5.74, 6) is 0.997. The van der Waals surface area contributed by atoms with E-state index in [-0.39, 0.29) is 6.42 Å². The van der Waals surface area contributed by atoms with Crippen molar-refractivity contribution in [1.29, 1.82) is 0 Å². The zero-order chi connectivity index (χ0) is 17.0. The molecule has 0 radical (unpaired) electrons. The molecule has 2 heterocycles. The Balaban J connectivity index is 2.18. The molecule has 23 heavy (non-hydrogen) atoms. The molecule has 0 aromatic carbocycles. The summed E-state index contributed by atoms with van der Waals surface area (Å²) in [6, 6.07) is 0.426. The number of aromatic nitrogens is 2. The normalized spacial score (nSPS) is 21.9. The summed E-state index contributed by atoms with van der Waals surface area (Å²) >= 11 is 0. The number of carboxylic acid groups (broad SMARTS) is 1. The summed E-state index contributed by atoms with van der Waals surface area (Å²) < 4.78 is 0. The Kier molecular flexibility index (Phi) is 5.93. The first-order chi connectivity index (χ1) is 10.9. The quantitative estimate of drug-likeness (QED) is 0.867. The molecule has 0 bridgehead atoms. The van der Waals surface area contributed by atoms with Gasteiger partial charge in [-0.3, -0.25) is 4.79 Å². The number of carboxylic acids is 1. The smallest absolute Gasteiger partial charge is 0.303 e. The molecule has 0 aliphatic carbocycles. The average molecular weight is 320 g/mol. The lowest BCUT2D eigenvalue weighted by atomic mass is 9.87. The maximum atomic E-state index is 11.0. The number of anilines is 1. The van der Waals surface area contributed by atoms with Crippen molar-refractivity contribution in [3.63, 3.8) is 0 Å². The Morgan fingerprint density at radius 2 is 2.22 bits per heavy atom. The van der Waals surface area contributed by atoms with E-state index in [0.717, 1.165) is 30.9 Å². The van der Waals surface area contributed by atoms with Crippen molar-refractivity contribution in [2.45, 2.75) is 45.1 Å². The highest BCUT2D eigenvalue weighted by atomic mass is 16.4. The van der Waals surface area contributed by atoms with Gasteiger partial charge in [0.1, 0.15) is 12.1 Å². The molecule has 1 saturated heterocycles. The van der Waals surface area contributed by atoms with Crippen molar-refractivity contribution in [1.82, 2.24) is 14.9 Å². The number of nitrogens with zero attached hydrogens (tertiary/aromatic N) is 4. The number of hydrogen-bond donors (Lipinski definition) is 1. The van der Waals surface area contributed by atoms with Gasteiger partial charge in [0.2, 0.25) is 0 Å². The number of hydrogen-bond acceptors (Lipinski definition) is 5. The summed E-state index contributed by atoms with van der Waals surface area (Å²) in [5.41, 5.74) is 1.16. The topological polar surface area (TPSA) is 69.6 Å². The lowest BCUT2D eigenvalue weighted by molar-refractivity contribution is -0.137. The molecule has 2 unspecified atom stereocenters. The Morgan fingerprint density at radius 3 is 2.83 bits per heavy atom. The summed E-state index contributed by atoms with van der Waals surface area (Å²) in [7, 11) is 4.16. The zero-order valence-corrected chi connectivity index (χ0v) is 14.6. The van der Waals surface area contributed by atoms with Gasteiger partial charge >= 0.3 is 5.97 Å². The number of rotatable bonds is 6. The van der Waals surface area contributed by atoms with E-state index < -0.39 is 5.97 Å². The van der Waals surface area contributed by atoms with Crippen molar-refractivity contribution in [3.8, 4) is 0 Å². The van der Waals surface area contributed by atoms with Crippen LogP contribution in [0.15, 0.2) is 12.5 Å². The fraction of sp³-hybridized carbons (Fsp3) is 0.706. The Morgan fingerprint density at radius 1 is 1.48 bits per heavy atom. The SMILES string of the molecule is CC(C)c1cncnc1N1CCC(N(C)C)C(CCC(=O)O)C1. The van der Waals surface area contributed by atoms with E-state index in [9.17, 15) is 4.79 Å². The van der Waals surface area contributed by atoms with Gasteiger partial charge in [0.15, 0.2) is 0 Å². The van der Waals surface area contributed by atoms with E-state index in [1.807, 2.05) is 6.20 Å². The Hall–Kier alpha value is -1.69. The first kappa shape index (κ1) is 17.7. The second-order valence-corrected chi connectivity index (χ2v) is 6.91. The van der Waals surface area contributed by atoms with E-state index in [1.54, 1.807) is 6.33 Å². The van der Waals surface area contributed by atoms with Crippen LogP contribution >= 0.6 is 0 Å². The van der Waals surface area contributed by atoms with Crippen molar-refractivity contribution in [2.75, 3.05) is 32.1 Å². The highest BCUT2D eigenvalue weighted by Gasteiger charge is 2.32. The second kappa shape index (κ2) is 7.73. The van der Waals surface area contributed by atoms with E-state index in [4.69, 9.17) is 5.11 Å². The molecule has 1 aliphatic heterocycles. The summed E-state index contributed by atoms with van der Waals surface area (Å²) in [4.78, 5) is 24.2. The molecule has 1 N–H and O–H groups in total. The monoisotopic (exact) mass is 320 g/mol. The number of aliphatic carboxylic acids is 1. The molecule has 0 amide bonds. The van der Waals surface area contributed by atoms with Crippen LogP contribution in [0.2, 0.25) is 0 Å². The molecule has 2 rings (SSSR count). The van der Waals surface area contributed by atoms with E-state index in [1.165, 1.54) is 0 Å². The molecule has 6 heteroatoms. The summed E-state index contributed by atoms with van der Waals surface area (Å²) in [6.45, 7) is 6.10. The minimum Gasteiger partial charge on any atom is -0.481 e. The van der Waals surface area contributed by atoms with Gasteiger partial charge in [0, 0.05) is 37.3 Å². The minimum absolute atomic E-state index is 0.226. The summed E-state index contributed by atoms with van der Waals surface area (Å²) in [6.07, 6.45) is 5.46. The van der Waals surface area contributed by atoms with Crippen molar-refractivity contribution in [3.05, 3.63) is 18.1 Å². The van der Waals surface area contributed by atoms with Crippen molar-refractivity contribution in [2.24, 2.45) is 5.92 Å². The van der Waals surface area contributed by atoms with Gasteiger partial charge in [-0.25, -0.2) is 9.97 Å². The van der Waals surface area contributed by atoms with Crippen LogP contribution in [0.1, 0.15) is 44.6 Å². The maximum absolute atomic E-state index is 11.0. The van der Waals surface area contributed by atoms with Crippen LogP contribution in [0.3, 0.4) is 0 Å². The van der Waals surface area contributed by atoms with Crippen molar-refractivity contribution >= 4 is 11.8 Å². The van der Waals surface area contributed by atoms with Crippen LogP contribution in [-0.2, 0) is 4.79 Å². The standard InChI is InChI=1S/C17H28N4O2/c1-12(2)14-9-18-11-19-17(14)21-8-7-15(20(3)4)13(10-21)5-6-16(22)23/h9,11-13,15H,5-8,10H2,1-4H3,(H,22,23). The molecule has 1 aromatic heterocycles. The molecule has 0 saturated carbocycles. The summed E-state index contributed by atoms with van der Waals surface area (Å²) in [5, 5.41) is 9.02. The largest absolute Gasteiger partial charge is 0.481 e. The van der Waals surface area contributed by atoms with Gasteiger partial charge in [-0.1, -0.05) is 13.8 Å². The molecule has 128 valence electrons. The molecular weight excluding hydrogens is 292 g/mol. The van der Waals surface area contributed by atoms with Crippen LogP contribution in [0.4, 0.5) is 5.82 Å². The van der Waals surface area contributed by atoms with E-state index >= 15 is 0 Å². The van der Waals surface area contributed by atoms with Gasteiger partial charge in [0.25, 0.3) is 0 Å². The molecule has 0 spiro atoms. The molecule has 6 nitrogen and oxygen atoms in total. The zero-order valence-electron chi connectivity index (χ0n) is 14.6. The highest BCUT2D eigenvalue weighted by molar-refractivity contribution is 5.66. The van der Waals surface area contributed by atoms with Crippen molar-refractivity contribution < 1.29 is 9.90 Å². The Bertz CT molecular complexity index is 533. The molecule has 1 aromatic rings. The molecular formula is C17H28N4O2. The minimum atomic E-state index is -0.718. The van der Waals surface area contributed by atoms with Crippen LogP contribution in [0.5, 0.6) is 0 Å². The van der Waals surface area contributed by atoms with Crippen LogP contribution in [0.25, 0.3) is 0 Å². The fourth-order valence-electron chi connectivity index (χ4n) is 3.49. The van der Waals surface area contributed by atoms with Crippen LogP contribution < -0.4 is 4.90 Å².